The summed E-state index contributed by atoms with van der Waals surface area (Å²) in [6, 6.07) is 47.3. The highest BCUT2D eigenvalue weighted by Crippen LogP contribution is 2.44. The number of amides is 1. The Balaban J connectivity index is 1.31. The zero-order valence-electron chi connectivity index (χ0n) is 31.5. The zero-order valence-corrected chi connectivity index (χ0v) is 31.5. The minimum atomic E-state index is -0.854. The summed E-state index contributed by atoms with van der Waals surface area (Å²) in [5, 5.41) is 9.37. The average Bonchev–Trinajstić information content (AvgIpc) is 3.60. The number of anilines is 1. The van der Waals surface area contributed by atoms with Gasteiger partial charge in [-0.2, -0.15) is 5.10 Å². The van der Waals surface area contributed by atoms with Gasteiger partial charge in [-0.05, 0) is 54.7 Å². The van der Waals surface area contributed by atoms with Crippen molar-refractivity contribution in [3.63, 3.8) is 0 Å². The molecule has 0 spiro atoms. The third-order valence-corrected chi connectivity index (χ3v) is 9.49. The van der Waals surface area contributed by atoms with Gasteiger partial charge in [0.25, 0.3) is 0 Å². The van der Waals surface area contributed by atoms with E-state index in [0.717, 1.165) is 63.2 Å². The first-order valence-corrected chi connectivity index (χ1v) is 18.9. The smallest absolute Gasteiger partial charge is 0.407 e. The van der Waals surface area contributed by atoms with Gasteiger partial charge in [0.15, 0.2) is 0 Å². The Hall–Kier alpha value is -6.48. The predicted molar refractivity (Wildman–Crippen MR) is 218 cm³/mol. The number of fused-ring (bicyclic) bond motifs is 1. The second-order valence-corrected chi connectivity index (χ2v) is 13.7. The molecule has 1 amide bonds. The van der Waals surface area contributed by atoms with Gasteiger partial charge in [-0.3, -0.25) is 0 Å². The summed E-state index contributed by atoms with van der Waals surface area (Å²) >= 11 is 0. The summed E-state index contributed by atoms with van der Waals surface area (Å²) in [6.45, 7) is 8.04. The predicted octanol–water partition coefficient (Wildman–Crippen LogP) is 9.26. The van der Waals surface area contributed by atoms with Gasteiger partial charge in [-0.15, -0.1) is 0 Å². The maximum absolute atomic E-state index is 12.5. The van der Waals surface area contributed by atoms with Crippen molar-refractivity contribution in [2.24, 2.45) is 0 Å². The molecule has 0 bridgehead atoms. The van der Waals surface area contributed by atoms with Crippen LogP contribution in [-0.2, 0) is 16.9 Å². The molecular weight excluding hydrogens is 685 g/mol. The molecule has 55 heavy (non-hydrogen) atoms. The lowest BCUT2D eigenvalue weighted by Gasteiger charge is -2.37. The van der Waals surface area contributed by atoms with E-state index in [9.17, 15) is 4.79 Å². The van der Waals surface area contributed by atoms with Gasteiger partial charge in [0.05, 0.1) is 17.8 Å². The molecule has 278 valence electrons. The van der Waals surface area contributed by atoms with Crippen molar-refractivity contribution in [3.05, 3.63) is 174 Å². The second-order valence-electron chi connectivity index (χ2n) is 13.7. The molecule has 0 radical (unpaired) electrons. The molecule has 0 unspecified atom stereocenters. The Kier molecular flexibility index (Phi) is 11.5. The van der Waals surface area contributed by atoms with Crippen molar-refractivity contribution in [1.82, 2.24) is 25.1 Å². The highest BCUT2D eigenvalue weighted by Gasteiger charge is 2.41. The molecule has 1 N–H and O–H groups in total. The van der Waals surface area contributed by atoms with Crippen LogP contribution in [0.1, 0.15) is 49.4 Å². The summed E-state index contributed by atoms with van der Waals surface area (Å²) in [4.78, 5) is 24.3. The Bertz CT molecular complexity index is 2200. The van der Waals surface area contributed by atoms with Crippen LogP contribution in [0.5, 0.6) is 5.88 Å². The van der Waals surface area contributed by atoms with E-state index < -0.39 is 11.6 Å². The molecule has 0 aliphatic heterocycles. The molecule has 0 aliphatic rings. The van der Waals surface area contributed by atoms with E-state index in [1.165, 1.54) is 0 Å². The molecule has 9 heteroatoms. The monoisotopic (exact) mass is 730 g/mol. The summed E-state index contributed by atoms with van der Waals surface area (Å²) in [5.41, 5.74) is 5.79. The number of pyridine rings is 2. The standard InChI is InChI=1S/C46H46N6O3/c1-4-28-51(29-27-48-45(53)54-33-35-17-9-5-10-18-35)42-30-36(25-26-47-42)44-40-31-43(55-34(2)3)49-32-41(40)52(50-44)46(37-19-11-6-12-20-37,38-21-13-7-14-22-38)39-23-15-8-16-24-39/h5-26,30-32,34H,4,27-29,33H2,1-3H3,(H,48,53). The van der Waals surface area contributed by atoms with E-state index in [1.807, 2.05) is 86.9 Å². The zero-order chi connectivity index (χ0) is 38.0. The van der Waals surface area contributed by atoms with Gasteiger partial charge in [0, 0.05) is 42.8 Å². The van der Waals surface area contributed by atoms with Crippen LogP contribution >= 0.6 is 0 Å². The normalized spacial score (nSPS) is 11.4. The van der Waals surface area contributed by atoms with Crippen LogP contribution in [0.25, 0.3) is 22.2 Å². The van der Waals surface area contributed by atoms with Gasteiger partial charge in [0.1, 0.15) is 23.7 Å². The van der Waals surface area contributed by atoms with E-state index >= 15 is 0 Å². The number of nitrogens with one attached hydrogen (secondary N) is 1. The fraction of sp³-hybridized carbons (Fsp3) is 0.217. The minimum Gasteiger partial charge on any atom is -0.475 e. The molecule has 0 atom stereocenters. The summed E-state index contributed by atoms with van der Waals surface area (Å²) < 4.78 is 13.7. The van der Waals surface area contributed by atoms with Gasteiger partial charge in [-0.25, -0.2) is 19.4 Å². The third-order valence-electron chi connectivity index (χ3n) is 9.49. The number of nitrogens with zero attached hydrogens (tertiary/aromatic N) is 5. The van der Waals surface area contributed by atoms with Gasteiger partial charge in [-0.1, -0.05) is 128 Å². The molecule has 4 aromatic carbocycles. The lowest BCUT2D eigenvalue weighted by Crippen LogP contribution is -2.38. The van der Waals surface area contributed by atoms with Gasteiger partial charge >= 0.3 is 6.09 Å². The van der Waals surface area contributed by atoms with Gasteiger partial charge < -0.3 is 19.7 Å². The Morgan fingerprint density at radius 1 is 0.782 bits per heavy atom. The van der Waals surface area contributed by atoms with E-state index in [2.05, 4.69) is 101 Å². The maximum atomic E-state index is 12.5. The van der Waals surface area contributed by atoms with Crippen molar-refractivity contribution in [1.29, 1.82) is 0 Å². The quantitative estimate of drug-likeness (QED) is 0.105. The summed E-state index contributed by atoms with van der Waals surface area (Å²) in [7, 11) is 0. The second kappa shape index (κ2) is 17.1. The first-order valence-electron chi connectivity index (χ1n) is 18.9. The van der Waals surface area contributed by atoms with E-state index in [4.69, 9.17) is 24.5 Å². The molecule has 7 aromatic rings. The number of alkyl carbamates (subject to hydrolysis) is 1. The van der Waals surface area contributed by atoms with Crippen molar-refractivity contribution in [2.75, 3.05) is 24.5 Å². The highest BCUT2D eigenvalue weighted by molar-refractivity contribution is 5.94. The number of aromatic nitrogens is 4. The Labute approximate surface area is 322 Å². The number of rotatable bonds is 15. The molecule has 0 fully saturated rings. The lowest BCUT2D eigenvalue weighted by molar-refractivity contribution is 0.140. The number of benzene rings is 4. The molecule has 0 saturated carbocycles. The van der Waals surface area contributed by atoms with Crippen molar-refractivity contribution in [2.45, 2.75) is 45.4 Å². The lowest BCUT2D eigenvalue weighted by atomic mass is 9.77. The topological polar surface area (TPSA) is 94.4 Å². The molecule has 3 heterocycles. The van der Waals surface area contributed by atoms with Crippen LogP contribution in [0.3, 0.4) is 0 Å². The number of carbonyl (C=O) groups excluding carboxylic acids is 1. The van der Waals surface area contributed by atoms with Crippen LogP contribution in [0.15, 0.2) is 152 Å². The van der Waals surface area contributed by atoms with Crippen LogP contribution in [0.2, 0.25) is 0 Å². The van der Waals surface area contributed by atoms with E-state index in [0.29, 0.717) is 19.0 Å². The number of hydrogen-bond acceptors (Lipinski definition) is 7. The summed E-state index contributed by atoms with van der Waals surface area (Å²) in [6.07, 6.45) is 4.09. The van der Waals surface area contributed by atoms with E-state index in [-0.39, 0.29) is 12.7 Å². The molecule has 3 aromatic heterocycles. The average molecular weight is 731 g/mol. The molecule has 7 rings (SSSR count). The van der Waals surface area contributed by atoms with Crippen LogP contribution in [0, 0.1) is 0 Å². The molecule has 0 aliphatic carbocycles. The Morgan fingerprint density at radius 2 is 1.38 bits per heavy atom. The SMILES string of the molecule is CCCN(CCNC(=O)OCc1ccccc1)c1cc(-c2nn(C(c3ccccc3)(c3ccccc3)c3ccccc3)c3cnc(OC(C)C)cc23)ccn1. The van der Waals surface area contributed by atoms with Crippen molar-refractivity contribution in [3.8, 4) is 17.1 Å². The molecular formula is C46H46N6O3. The van der Waals surface area contributed by atoms with E-state index in [1.54, 1.807) is 0 Å². The van der Waals surface area contributed by atoms with Crippen LogP contribution in [0.4, 0.5) is 10.6 Å². The first kappa shape index (κ1) is 36.9. The van der Waals surface area contributed by atoms with Crippen LogP contribution < -0.4 is 15.0 Å². The largest absolute Gasteiger partial charge is 0.475 e. The number of carbonyl (C=O) groups is 1. The first-order chi connectivity index (χ1) is 27.0. The van der Waals surface area contributed by atoms with Crippen molar-refractivity contribution >= 4 is 22.8 Å². The minimum absolute atomic E-state index is 0.0557. The Morgan fingerprint density at radius 3 is 1.96 bits per heavy atom. The van der Waals surface area contributed by atoms with Gasteiger partial charge in [0.2, 0.25) is 5.88 Å². The maximum Gasteiger partial charge on any atom is 0.407 e. The summed E-state index contributed by atoms with van der Waals surface area (Å²) in [5.74, 6) is 1.31. The van der Waals surface area contributed by atoms with Crippen LogP contribution in [-0.4, -0.2) is 51.6 Å². The fourth-order valence-electron chi connectivity index (χ4n) is 7.09. The third kappa shape index (κ3) is 8.06. The number of ether oxygens (including phenoxy) is 2. The number of hydrogen-bond donors (Lipinski definition) is 1. The molecule has 9 nitrogen and oxygen atoms in total. The molecule has 0 saturated heterocycles. The van der Waals surface area contributed by atoms with Crippen molar-refractivity contribution < 1.29 is 14.3 Å². The fourth-order valence-corrected chi connectivity index (χ4v) is 7.09. The highest BCUT2D eigenvalue weighted by atomic mass is 16.5.